The van der Waals surface area contributed by atoms with E-state index in [0.717, 1.165) is 56.9 Å². The standard InChI is InChI=1S/C27H34N4O3/c1-2-23-20-31(24-10-6-7-11-25(24)34-23)27(33)30-14-12-21(13-15-30)26(32)29-18-16-28(17-19-29)22-8-4-3-5-9-22/h3-11,21,23H,2,12-20H2,1H3/t23-/m0/s1. The third-order valence-corrected chi connectivity index (χ3v) is 7.35. The van der Waals surface area contributed by atoms with Crippen LogP contribution < -0.4 is 14.5 Å². The van der Waals surface area contributed by atoms with Crippen molar-refractivity contribution in [1.29, 1.82) is 0 Å². The number of urea groups is 1. The highest BCUT2D eigenvalue weighted by atomic mass is 16.5. The predicted molar refractivity (Wildman–Crippen MR) is 133 cm³/mol. The molecule has 0 saturated carbocycles. The van der Waals surface area contributed by atoms with Crippen LogP contribution in [-0.4, -0.2) is 73.7 Å². The largest absolute Gasteiger partial charge is 0.486 e. The van der Waals surface area contributed by atoms with Crippen molar-refractivity contribution in [3.05, 3.63) is 54.6 Å². The van der Waals surface area contributed by atoms with Crippen LogP contribution in [0.5, 0.6) is 5.75 Å². The first kappa shape index (κ1) is 22.6. The maximum absolute atomic E-state index is 13.4. The molecule has 7 nitrogen and oxygen atoms in total. The molecular weight excluding hydrogens is 428 g/mol. The molecule has 3 aliphatic heterocycles. The fourth-order valence-electron chi connectivity index (χ4n) is 5.26. The van der Waals surface area contributed by atoms with E-state index < -0.39 is 0 Å². The molecule has 0 aliphatic carbocycles. The Morgan fingerprint density at radius 2 is 1.53 bits per heavy atom. The number of para-hydroxylation sites is 3. The third kappa shape index (κ3) is 4.56. The van der Waals surface area contributed by atoms with Crippen molar-refractivity contribution >= 4 is 23.3 Å². The van der Waals surface area contributed by atoms with Gasteiger partial charge < -0.3 is 19.4 Å². The van der Waals surface area contributed by atoms with Crippen molar-refractivity contribution in [2.24, 2.45) is 5.92 Å². The molecule has 1 atom stereocenters. The van der Waals surface area contributed by atoms with E-state index in [1.54, 1.807) is 0 Å². The van der Waals surface area contributed by atoms with Crippen LogP contribution in [0.15, 0.2) is 54.6 Å². The lowest BCUT2D eigenvalue weighted by atomic mass is 9.95. The summed E-state index contributed by atoms with van der Waals surface area (Å²) in [7, 11) is 0. The fraction of sp³-hybridized carbons (Fsp3) is 0.481. The van der Waals surface area contributed by atoms with E-state index in [0.29, 0.717) is 19.6 Å². The molecule has 2 fully saturated rings. The topological polar surface area (TPSA) is 56.3 Å². The molecule has 3 amide bonds. The first-order chi connectivity index (χ1) is 16.6. The summed E-state index contributed by atoms with van der Waals surface area (Å²) in [6.07, 6.45) is 2.32. The molecule has 7 heteroatoms. The molecule has 0 N–H and O–H groups in total. The van der Waals surface area contributed by atoms with Gasteiger partial charge in [-0.2, -0.15) is 0 Å². The number of piperazine rings is 1. The summed E-state index contributed by atoms with van der Waals surface area (Å²) in [5.74, 6) is 1.03. The third-order valence-electron chi connectivity index (χ3n) is 7.35. The van der Waals surface area contributed by atoms with Crippen LogP contribution in [0, 0.1) is 5.92 Å². The number of carbonyl (C=O) groups is 2. The van der Waals surface area contributed by atoms with Gasteiger partial charge in [0.05, 0.1) is 12.2 Å². The molecule has 0 spiro atoms. The summed E-state index contributed by atoms with van der Waals surface area (Å²) in [4.78, 5) is 34.7. The average molecular weight is 463 g/mol. The molecular formula is C27H34N4O3. The molecule has 5 rings (SSSR count). The molecule has 2 aromatic rings. The van der Waals surface area contributed by atoms with Gasteiger partial charge in [-0.25, -0.2) is 4.79 Å². The van der Waals surface area contributed by atoms with Crippen molar-refractivity contribution in [2.45, 2.75) is 32.3 Å². The van der Waals surface area contributed by atoms with Gasteiger partial charge in [-0.3, -0.25) is 9.69 Å². The number of ether oxygens (including phenoxy) is 1. The van der Waals surface area contributed by atoms with Gasteiger partial charge in [0, 0.05) is 50.9 Å². The lowest BCUT2D eigenvalue weighted by Gasteiger charge is -2.41. The summed E-state index contributed by atoms with van der Waals surface area (Å²) in [5.41, 5.74) is 2.06. The number of likely N-dealkylation sites (tertiary alicyclic amines) is 1. The summed E-state index contributed by atoms with van der Waals surface area (Å²) in [6.45, 7) is 7.13. The zero-order chi connectivity index (χ0) is 23.5. The van der Waals surface area contributed by atoms with Gasteiger partial charge in [-0.1, -0.05) is 37.3 Å². The summed E-state index contributed by atoms with van der Waals surface area (Å²) >= 11 is 0. The van der Waals surface area contributed by atoms with Gasteiger partial charge >= 0.3 is 6.03 Å². The summed E-state index contributed by atoms with van der Waals surface area (Å²) in [5, 5.41) is 0. The Morgan fingerprint density at radius 1 is 0.853 bits per heavy atom. The van der Waals surface area contributed by atoms with Gasteiger partial charge in [0.1, 0.15) is 11.9 Å². The van der Waals surface area contributed by atoms with Crippen molar-refractivity contribution in [2.75, 3.05) is 55.6 Å². The van der Waals surface area contributed by atoms with Crippen LogP contribution in [0.25, 0.3) is 0 Å². The van der Waals surface area contributed by atoms with Gasteiger partial charge in [-0.05, 0) is 43.5 Å². The van der Waals surface area contributed by atoms with E-state index in [9.17, 15) is 9.59 Å². The molecule has 0 radical (unpaired) electrons. The quantitative estimate of drug-likeness (QED) is 0.696. The molecule has 0 unspecified atom stereocenters. The Labute approximate surface area is 201 Å². The Balaban J connectivity index is 1.15. The second-order valence-corrected chi connectivity index (χ2v) is 9.42. The minimum absolute atomic E-state index is 0.00696. The van der Waals surface area contributed by atoms with E-state index in [-0.39, 0.29) is 24.0 Å². The molecule has 3 aliphatic rings. The summed E-state index contributed by atoms with van der Waals surface area (Å²) < 4.78 is 6.03. The Morgan fingerprint density at radius 3 is 2.24 bits per heavy atom. The highest BCUT2D eigenvalue weighted by molar-refractivity contribution is 5.94. The number of anilines is 2. The van der Waals surface area contributed by atoms with Crippen LogP contribution in [0.4, 0.5) is 16.2 Å². The van der Waals surface area contributed by atoms with Crippen molar-refractivity contribution in [3.63, 3.8) is 0 Å². The lowest BCUT2D eigenvalue weighted by molar-refractivity contribution is -0.137. The number of piperidine rings is 1. The molecule has 3 heterocycles. The minimum atomic E-state index is 0.00696. The van der Waals surface area contributed by atoms with Crippen LogP contribution in [0.3, 0.4) is 0 Å². The molecule has 2 saturated heterocycles. The fourth-order valence-corrected chi connectivity index (χ4v) is 5.26. The number of benzene rings is 2. The van der Waals surface area contributed by atoms with E-state index in [4.69, 9.17) is 4.74 Å². The number of fused-ring (bicyclic) bond motifs is 1. The number of nitrogens with zero attached hydrogens (tertiary/aromatic N) is 4. The van der Waals surface area contributed by atoms with Crippen LogP contribution >= 0.6 is 0 Å². The van der Waals surface area contributed by atoms with Crippen molar-refractivity contribution < 1.29 is 14.3 Å². The number of amides is 3. The van der Waals surface area contributed by atoms with Gasteiger partial charge in [-0.15, -0.1) is 0 Å². The van der Waals surface area contributed by atoms with E-state index in [2.05, 4.69) is 36.1 Å². The second kappa shape index (κ2) is 9.95. The average Bonchev–Trinajstić information content (AvgIpc) is 2.92. The van der Waals surface area contributed by atoms with Crippen LogP contribution in [-0.2, 0) is 4.79 Å². The minimum Gasteiger partial charge on any atom is -0.486 e. The van der Waals surface area contributed by atoms with Gasteiger partial charge in [0.25, 0.3) is 0 Å². The van der Waals surface area contributed by atoms with Crippen molar-refractivity contribution in [1.82, 2.24) is 9.80 Å². The summed E-state index contributed by atoms with van der Waals surface area (Å²) in [6, 6.07) is 18.2. The maximum Gasteiger partial charge on any atom is 0.324 e. The van der Waals surface area contributed by atoms with E-state index in [1.165, 1.54) is 5.69 Å². The smallest absolute Gasteiger partial charge is 0.324 e. The number of carbonyl (C=O) groups excluding carboxylic acids is 2. The Kier molecular flexibility index (Phi) is 6.61. The molecule has 2 aromatic carbocycles. The number of rotatable bonds is 3. The van der Waals surface area contributed by atoms with E-state index in [1.807, 2.05) is 45.0 Å². The second-order valence-electron chi connectivity index (χ2n) is 9.42. The van der Waals surface area contributed by atoms with E-state index >= 15 is 0 Å². The Bertz CT molecular complexity index is 998. The molecule has 0 bridgehead atoms. The number of hydrogen-bond donors (Lipinski definition) is 0. The zero-order valence-electron chi connectivity index (χ0n) is 19.9. The van der Waals surface area contributed by atoms with Crippen LogP contribution in [0.1, 0.15) is 26.2 Å². The number of hydrogen-bond acceptors (Lipinski definition) is 4. The van der Waals surface area contributed by atoms with Gasteiger partial charge in [0.15, 0.2) is 0 Å². The highest BCUT2D eigenvalue weighted by Crippen LogP contribution is 2.35. The predicted octanol–water partition coefficient (Wildman–Crippen LogP) is 3.84. The lowest BCUT2D eigenvalue weighted by Crippen LogP contribution is -2.54. The van der Waals surface area contributed by atoms with Gasteiger partial charge in [0.2, 0.25) is 5.91 Å². The first-order valence-corrected chi connectivity index (χ1v) is 12.5. The molecule has 34 heavy (non-hydrogen) atoms. The SMILES string of the molecule is CC[C@H]1CN(C(=O)N2CCC(C(=O)N3CCN(c4ccccc4)CC3)CC2)c2ccccc2O1. The monoisotopic (exact) mass is 462 g/mol. The normalized spacial score (nSPS) is 21.1. The first-order valence-electron chi connectivity index (χ1n) is 12.5. The Hall–Kier alpha value is -3.22. The van der Waals surface area contributed by atoms with Crippen molar-refractivity contribution in [3.8, 4) is 5.75 Å². The molecule has 180 valence electrons. The van der Waals surface area contributed by atoms with Crippen LogP contribution in [0.2, 0.25) is 0 Å². The highest BCUT2D eigenvalue weighted by Gasteiger charge is 2.36. The maximum atomic E-state index is 13.4. The zero-order valence-corrected chi connectivity index (χ0v) is 19.9. The molecule has 0 aromatic heterocycles.